The average Bonchev–Trinajstić information content (AvgIpc) is 2.78. The van der Waals surface area contributed by atoms with Crippen molar-refractivity contribution in [1.82, 2.24) is 10.6 Å². The lowest BCUT2D eigenvalue weighted by molar-refractivity contribution is 0.533. The maximum absolute atomic E-state index is 5.48. The Labute approximate surface area is 196 Å². The number of nitrogens with one attached hydrogen (secondary N) is 2. The first-order valence-electron chi connectivity index (χ1n) is 14.2. The summed E-state index contributed by atoms with van der Waals surface area (Å²) < 4.78 is 0. The minimum atomic E-state index is 0.794. The monoisotopic (exact) mass is 437 g/mol. The molecular weight excluding hydrogens is 378 g/mol. The molecule has 0 radical (unpaired) electrons. The minimum Gasteiger partial charge on any atom is -0.330 e. The van der Waals surface area contributed by atoms with Crippen LogP contribution in [0.15, 0.2) is 12.2 Å². The molecule has 0 aromatic heterocycles. The first-order valence-corrected chi connectivity index (χ1v) is 14.2. The van der Waals surface area contributed by atoms with Crippen molar-refractivity contribution in [2.24, 2.45) is 5.73 Å². The van der Waals surface area contributed by atoms with E-state index in [9.17, 15) is 0 Å². The van der Waals surface area contributed by atoms with Gasteiger partial charge < -0.3 is 16.4 Å². The van der Waals surface area contributed by atoms with Gasteiger partial charge >= 0.3 is 0 Å². The molecule has 0 heterocycles. The van der Waals surface area contributed by atoms with Crippen LogP contribution in [-0.4, -0.2) is 32.7 Å². The zero-order valence-corrected chi connectivity index (χ0v) is 21.4. The highest BCUT2D eigenvalue weighted by molar-refractivity contribution is 4.81. The van der Waals surface area contributed by atoms with E-state index in [-0.39, 0.29) is 0 Å². The third kappa shape index (κ3) is 29.6. The van der Waals surface area contributed by atoms with Crippen LogP contribution in [-0.2, 0) is 0 Å². The molecule has 4 N–H and O–H groups in total. The van der Waals surface area contributed by atoms with Crippen LogP contribution in [0.2, 0.25) is 0 Å². The Kier molecular flexibility index (Phi) is 29.3. The molecule has 0 unspecified atom stereocenters. The van der Waals surface area contributed by atoms with Gasteiger partial charge in [0, 0.05) is 0 Å². The van der Waals surface area contributed by atoms with Crippen molar-refractivity contribution < 1.29 is 0 Å². The van der Waals surface area contributed by atoms with Crippen LogP contribution in [0, 0.1) is 0 Å². The summed E-state index contributed by atoms with van der Waals surface area (Å²) in [6.45, 7) is 7.59. The smallest absolute Gasteiger partial charge is 0.00368 e. The van der Waals surface area contributed by atoms with Gasteiger partial charge in [-0.25, -0.2) is 0 Å². The molecule has 3 heteroatoms. The fraction of sp³-hybridized carbons (Fsp3) is 0.929. The molecule has 186 valence electrons. The predicted molar refractivity (Wildman–Crippen MR) is 142 cm³/mol. The molecule has 0 spiro atoms. The zero-order valence-electron chi connectivity index (χ0n) is 21.4. The van der Waals surface area contributed by atoms with E-state index in [4.69, 9.17) is 5.73 Å². The van der Waals surface area contributed by atoms with Crippen molar-refractivity contribution in [3.8, 4) is 0 Å². The molecule has 0 aromatic carbocycles. The Morgan fingerprint density at radius 2 is 0.839 bits per heavy atom. The summed E-state index contributed by atoms with van der Waals surface area (Å²) in [6, 6.07) is 0. The molecule has 0 aliphatic heterocycles. The lowest BCUT2D eigenvalue weighted by Crippen LogP contribution is -2.24. The van der Waals surface area contributed by atoms with Crippen LogP contribution in [0.1, 0.15) is 135 Å². The van der Waals surface area contributed by atoms with Crippen LogP contribution in [0.4, 0.5) is 0 Å². The molecule has 0 aliphatic rings. The summed E-state index contributed by atoms with van der Waals surface area (Å²) in [7, 11) is 0. The maximum Gasteiger partial charge on any atom is -0.00368 e. The van der Waals surface area contributed by atoms with Crippen molar-refractivity contribution in [3.63, 3.8) is 0 Å². The van der Waals surface area contributed by atoms with Crippen LogP contribution in [0.25, 0.3) is 0 Å². The first-order chi connectivity index (χ1) is 15.4. The van der Waals surface area contributed by atoms with E-state index in [0.29, 0.717) is 0 Å². The first kappa shape index (κ1) is 30.6. The minimum absolute atomic E-state index is 0.794. The second kappa shape index (κ2) is 29.6. The normalized spacial score (nSPS) is 11.7. The second-order valence-corrected chi connectivity index (χ2v) is 9.35. The summed E-state index contributed by atoms with van der Waals surface area (Å²) in [5.74, 6) is 0. The number of unbranched alkanes of at least 4 members (excludes halogenated alkanes) is 16. The van der Waals surface area contributed by atoms with E-state index in [0.717, 1.165) is 32.6 Å². The van der Waals surface area contributed by atoms with Crippen LogP contribution in [0.5, 0.6) is 0 Å². The fourth-order valence-corrected chi connectivity index (χ4v) is 4.02. The highest BCUT2D eigenvalue weighted by Gasteiger charge is 1.94. The third-order valence-electron chi connectivity index (χ3n) is 6.13. The summed E-state index contributed by atoms with van der Waals surface area (Å²) in [5.41, 5.74) is 5.48. The van der Waals surface area contributed by atoms with Gasteiger partial charge in [0.25, 0.3) is 0 Å². The quantitative estimate of drug-likeness (QED) is 0.0920. The molecule has 0 atom stereocenters. The molecule has 0 bridgehead atoms. The number of allylic oxidation sites excluding steroid dienone is 2. The van der Waals surface area contributed by atoms with Crippen LogP contribution < -0.4 is 16.4 Å². The van der Waals surface area contributed by atoms with E-state index in [1.165, 1.54) is 129 Å². The molecule has 0 rings (SSSR count). The topological polar surface area (TPSA) is 50.1 Å². The molecular formula is C28H59N3. The summed E-state index contributed by atoms with van der Waals surface area (Å²) in [4.78, 5) is 0. The van der Waals surface area contributed by atoms with Gasteiger partial charge in [-0.2, -0.15) is 0 Å². The Morgan fingerprint density at radius 1 is 0.452 bits per heavy atom. The Balaban J connectivity index is 3.04. The molecule has 3 nitrogen and oxygen atoms in total. The number of hydrogen-bond donors (Lipinski definition) is 3. The molecule has 0 saturated heterocycles. The second-order valence-electron chi connectivity index (χ2n) is 9.35. The van der Waals surface area contributed by atoms with Crippen molar-refractivity contribution in [1.29, 1.82) is 0 Å². The largest absolute Gasteiger partial charge is 0.330 e. The van der Waals surface area contributed by atoms with Gasteiger partial charge in [-0.1, -0.05) is 103 Å². The van der Waals surface area contributed by atoms with E-state index in [1.54, 1.807) is 0 Å². The van der Waals surface area contributed by atoms with Crippen molar-refractivity contribution in [3.05, 3.63) is 12.2 Å². The van der Waals surface area contributed by atoms with E-state index in [1.807, 2.05) is 0 Å². The van der Waals surface area contributed by atoms with Gasteiger partial charge in [0.2, 0.25) is 0 Å². The SMILES string of the molecule is CCCCCCCC/C=C\CCCCCCCCCCCCNCCCNCCCN. The van der Waals surface area contributed by atoms with Gasteiger partial charge in [-0.05, 0) is 77.7 Å². The highest BCUT2D eigenvalue weighted by atomic mass is 14.9. The molecule has 0 aliphatic carbocycles. The predicted octanol–water partition coefficient (Wildman–Crippen LogP) is 7.50. The van der Waals surface area contributed by atoms with E-state index < -0.39 is 0 Å². The Bertz CT molecular complexity index is 330. The molecule has 31 heavy (non-hydrogen) atoms. The maximum atomic E-state index is 5.48. The van der Waals surface area contributed by atoms with Crippen molar-refractivity contribution >= 4 is 0 Å². The molecule has 0 amide bonds. The number of hydrogen-bond acceptors (Lipinski definition) is 3. The summed E-state index contributed by atoms with van der Waals surface area (Å²) in [6.07, 6.45) is 32.4. The Hall–Kier alpha value is -0.380. The molecule has 0 saturated carbocycles. The van der Waals surface area contributed by atoms with Gasteiger partial charge in [0.1, 0.15) is 0 Å². The molecule has 0 fully saturated rings. The standard InChI is InChI=1S/C28H59N3/c1-2-3-4-5-6-7-8-9-10-11-12-13-14-15-16-17-18-19-20-21-25-30-27-23-28-31-26-22-24-29/h9-10,30-31H,2-8,11-29H2,1H3/b10-9-. The van der Waals surface area contributed by atoms with Gasteiger partial charge in [-0.3, -0.25) is 0 Å². The van der Waals surface area contributed by atoms with Crippen molar-refractivity contribution in [2.45, 2.75) is 135 Å². The summed E-state index contributed by atoms with van der Waals surface area (Å²) in [5, 5.41) is 6.99. The lowest BCUT2D eigenvalue weighted by Gasteiger charge is -2.06. The number of nitrogens with two attached hydrogens (primary N) is 1. The Morgan fingerprint density at radius 3 is 1.32 bits per heavy atom. The van der Waals surface area contributed by atoms with Gasteiger partial charge in [-0.15, -0.1) is 0 Å². The van der Waals surface area contributed by atoms with Crippen molar-refractivity contribution in [2.75, 3.05) is 32.7 Å². The van der Waals surface area contributed by atoms with Gasteiger partial charge in [0.15, 0.2) is 0 Å². The van der Waals surface area contributed by atoms with Crippen LogP contribution in [0.3, 0.4) is 0 Å². The molecule has 0 aromatic rings. The summed E-state index contributed by atoms with van der Waals surface area (Å²) >= 11 is 0. The zero-order chi connectivity index (χ0) is 22.5. The average molecular weight is 438 g/mol. The third-order valence-corrected chi connectivity index (χ3v) is 6.13. The van der Waals surface area contributed by atoms with Crippen LogP contribution >= 0.6 is 0 Å². The lowest BCUT2D eigenvalue weighted by atomic mass is 10.1. The van der Waals surface area contributed by atoms with Gasteiger partial charge in [0.05, 0.1) is 0 Å². The van der Waals surface area contributed by atoms with E-state index in [2.05, 4.69) is 29.7 Å². The van der Waals surface area contributed by atoms with E-state index >= 15 is 0 Å². The number of rotatable bonds is 27. The highest BCUT2D eigenvalue weighted by Crippen LogP contribution is 2.12. The fourth-order valence-electron chi connectivity index (χ4n) is 4.02.